The molecule has 0 bridgehead atoms. The summed E-state index contributed by atoms with van der Waals surface area (Å²) in [6, 6.07) is 0. The number of ether oxygens (including phenoxy) is 1. The Bertz CT molecular complexity index is 212. The van der Waals surface area contributed by atoms with Crippen molar-refractivity contribution in [3.8, 4) is 0 Å². The number of carbonyl (C=O) groups excluding carboxylic acids is 2. The van der Waals surface area contributed by atoms with E-state index in [9.17, 15) is 9.59 Å². The molecule has 0 radical (unpaired) electrons. The number of likely N-dealkylation sites (tertiary alicyclic amines) is 1. The first-order chi connectivity index (χ1) is 5.74. The summed E-state index contributed by atoms with van der Waals surface area (Å²) in [4.78, 5) is 23.1. The molecule has 0 saturated carbocycles. The van der Waals surface area contributed by atoms with E-state index in [4.69, 9.17) is 4.74 Å². The SMILES string of the molecule is C=CCOC(=O)CN1CCC1=O. The van der Waals surface area contributed by atoms with Crippen LogP contribution in [0, 0.1) is 0 Å². The van der Waals surface area contributed by atoms with Gasteiger partial charge in [0.05, 0.1) is 0 Å². The molecule has 1 aliphatic heterocycles. The van der Waals surface area contributed by atoms with Crippen LogP contribution in [-0.4, -0.2) is 36.5 Å². The normalized spacial score (nSPS) is 15.3. The van der Waals surface area contributed by atoms with Crippen LogP contribution in [0.2, 0.25) is 0 Å². The van der Waals surface area contributed by atoms with Gasteiger partial charge in [-0.1, -0.05) is 12.7 Å². The lowest BCUT2D eigenvalue weighted by Crippen LogP contribution is -2.46. The number of hydrogen-bond acceptors (Lipinski definition) is 3. The van der Waals surface area contributed by atoms with Crippen molar-refractivity contribution in [3.05, 3.63) is 12.7 Å². The highest BCUT2D eigenvalue weighted by atomic mass is 16.5. The van der Waals surface area contributed by atoms with Crippen molar-refractivity contribution < 1.29 is 14.3 Å². The maximum Gasteiger partial charge on any atom is 0.325 e. The molecule has 4 heteroatoms. The zero-order valence-electron chi connectivity index (χ0n) is 6.78. The molecule has 0 spiro atoms. The molecule has 4 nitrogen and oxygen atoms in total. The summed E-state index contributed by atoms with van der Waals surface area (Å²) in [7, 11) is 0. The molecule has 0 N–H and O–H groups in total. The van der Waals surface area contributed by atoms with E-state index in [0.717, 1.165) is 0 Å². The molecular formula is C8H11NO3. The highest BCUT2D eigenvalue weighted by Crippen LogP contribution is 2.07. The van der Waals surface area contributed by atoms with Crippen molar-refractivity contribution in [1.29, 1.82) is 0 Å². The Hall–Kier alpha value is -1.32. The van der Waals surface area contributed by atoms with Gasteiger partial charge in [0.25, 0.3) is 0 Å². The van der Waals surface area contributed by atoms with E-state index < -0.39 is 0 Å². The van der Waals surface area contributed by atoms with Crippen LogP contribution in [0.1, 0.15) is 6.42 Å². The number of carbonyl (C=O) groups is 2. The first-order valence-electron chi connectivity index (χ1n) is 3.78. The van der Waals surface area contributed by atoms with Gasteiger partial charge < -0.3 is 9.64 Å². The third kappa shape index (κ3) is 2.08. The van der Waals surface area contributed by atoms with Gasteiger partial charge in [-0.25, -0.2) is 0 Å². The van der Waals surface area contributed by atoms with Crippen LogP contribution in [0.25, 0.3) is 0 Å². The van der Waals surface area contributed by atoms with Crippen LogP contribution in [0.5, 0.6) is 0 Å². The van der Waals surface area contributed by atoms with E-state index in [0.29, 0.717) is 13.0 Å². The van der Waals surface area contributed by atoms with Gasteiger partial charge in [-0.3, -0.25) is 9.59 Å². The highest BCUT2D eigenvalue weighted by Gasteiger charge is 2.25. The van der Waals surface area contributed by atoms with Crippen molar-refractivity contribution in [3.63, 3.8) is 0 Å². The van der Waals surface area contributed by atoms with Gasteiger partial charge in [0.2, 0.25) is 5.91 Å². The van der Waals surface area contributed by atoms with Crippen molar-refractivity contribution in [1.82, 2.24) is 4.90 Å². The second kappa shape index (κ2) is 3.90. The molecule has 1 heterocycles. The van der Waals surface area contributed by atoms with Crippen LogP contribution in [0.15, 0.2) is 12.7 Å². The standard InChI is InChI=1S/C8H11NO3/c1-2-5-12-8(11)6-9-4-3-7(9)10/h2H,1,3-6H2. The molecule has 0 aromatic heterocycles. The van der Waals surface area contributed by atoms with Crippen molar-refractivity contribution in [2.45, 2.75) is 6.42 Å². The van der Waals surface area contributed by atoms with Crippen LogP contribution < -0.4 is 0 Å². The van der Waals surface area contributed by atoms with Crippen molar-refractivity contribution >= 4 is 11.9 Å². The molecule has 1 aliphatic rings. The third-order valence-corrected chi connectivity index (χ3v) is 1.63. The average Bonchev–Trinajstić information content (AvgIpc) is 2.08. The van der Waals surface area contributed by atoms with Gasteiger partial charge in [0, 0.05) is 13.0 Å². The second-order valence-electron chi connectivity index (χ2n) is 2.54. The fraction of sp³-hybridized carbons (Fsp3) is 0.500. The maximum absolute atomic E-state index is 10.9. The van der Waals surface area contributed by atoms with E-state index in [1.807, 2.05) is 0 Å². The topological polar surface area (TPSA) is 46.6 Å². The first-order valence-corrected chi connectivity index (χ1v) is 3.78. The van der Waals surface area contributed by atoms with Crippen LogP contribution in [-0.2, 0) is 14.3 Å². The number of hydrogen-bond donors (Lipinski definition) is 0. The minimum absolute atomic E-state index is 0.0190. The van der Waals surface area contributed by atoms with E-state index in [1.54, 1.807) is 0 Å². The Balaban J connectivity index is 2.17. The summed E-state index contributed by atoms with van der Waals surface area (Å²) in [5, 5.41) is 0. The number of rotatable bonds is 4. The van der Waals surface area contributed by atoms with Gasteiger partial charge in [0.15, 0.2) is 0 Å². The van der Waals surface area contributed by atoms with E-state index in [2.05, 4.69) is 6.58 Å². The van der Waals surface area contributed by atoms with Crippen LogP contribution >= 0.6 is 0 Å². The molecule has 1 saturated heterocycles. The smallest absolute Gasteiger partial charge is 0.325 e. The van der Waals surface area contributed by atoms with Gasteiger partial charge >= 0.3 is 5.97 Å². The number of amides is 1. The molecule has 0 aromatic carbocycles. The van der Waals surface area contributed by atoms with E-state index >= 15 is 0 Å². The highest BCUT2D eigenvalue weighted by molar-refractivity contribution is 5.86. The largest absolute Gasteiger partial charge is 0.460 e. The van der Waals surface area contributed by atoms with Crippen molar-refractivity contribution in [2.24, 2.45) is 0 Å². The lowest BCUT2D eigenvalue weighted by molar-refractivity contribution is -0.152. The predicted octanol–water partition coefficient (Wildman–Crippen LogP) is -0.0521. The zero-order valence-corrected chi connectivity index (χ0v) is 6.78. The Morgan fingerprint density at radius 1 is 1.75 bits per heavy atom. The summed E-state index contributed by atoms with van der Waals surface area (Å²) >= 11 is 0. The molecule has 0 unspecified atom stereocenters. The lowest BCUT2D eigenvalue weighted by Gasteiger charge is -2.29. The molecule has 0 aliphatic carbocycles. The summed E-state index contributed by atoms with van der Waals surface area (Å²) in [6.45, 7) is 4.36. The average molecular weight is 169 g/mol. The van der Waals surface area contributed by atoms with Gasteiger partial charge in [-0.15, -0.1) is 0 Å². The first kappa shape index (κ1) is 8.77. The minimum Gasteiger partial charge on any atom is -0.460 e. The Labute approximate surface area is 70.8 Å². The molecule has 0 aromatic rings. The molecule has 0 atom stereocenters. The third-order valence-electron chi connectivity index (χ3n) is 1.63. The molecule has 66 valence electrons. The Morgan fingerprint density at radius 3 is 2.92 bits per heavy atom. The monoisotopic (exact) mass is 169 g/mol. The van der Waals surface area contributed by atoms with Crippen LogP contribution in [0.3, 0.4) is 0 Å². The maximum atomic E-state index is 10.9. The fourth-order valence-electron chi connectivity index (χ4n) is 0.882. The summed E-state index contributed by atoms with van der Waals surface area (Å²) < 4.78 is 4.70. The Kier molecular flexibility index (Phi) is 2.85. The van der Waals surface area contributed by atoms with E-state index in [1.165, 1.54) is 11.0 Å². The summed E-state index contributed by atoms with van der Waals surface area (Å²) in [6.07, 6.45) is 2.05. The lowest BCUT2D eigenvalue weighted by atomic mass is 10.2. The number of nitrogens with zero attached hydrogens (tertiary/aromatic N) is 1. The van der Waals surface area contributed by atoms with Crippen molar-refractivity contribution in [2.75, 3.05) is 19.7 Å². The summed E-state index contributed by atoms with van der Waals surface area (Å²) in [5.74, 6) is -0.353. The molecular weight excluding hydrogens is 158 g/mol. The number of β-lactam (4-membered cyclic amide) rings is 1. The van der Waals surface area contributed by atoms with Gasteiger partial charge in [-0.05, 0) is 0 Å². The minimum atomic E-state index is -0.372. The second-order valence-corrected chi connectivity index (χ2v) is 2.54. The molecule has 1 amide bonds. The predicted molar refractivity (Wildman–Crippen MR) is 42.4 cm³/mol. The van der Waals surface area contributed by atoms with E-state index in [-0.39, 0.29) is 25.0 Å². The van der Waals surface area contributed by atoms with Crippen LogP contribution in [0.4, 0.5) is 0 Å². The van der Waals surface area contributed by atoms with Gasteiger partial charge in [-0.2, -0.15) is 0 Å². The Morgan fingerprint density at radius 2 is 2.50 bits per heavy atom. The van der Waals surface area contributed by atoms with Gasteiger partial charge in [0.1, 0.15) is 13.2 Å². The quantitative estimate of drug-likeness (QED) is 0.336. The number of esters is 1. The molecule has 12 heavy (non-hydrogen) atoms. The molecule has 1 fully saturated rings. The summed E-state index contributed by atoms with van der Waals surface area (Å²) in [5.41, 5.74) is 0. The molecule has 1 rings (SSSR count). The zero-order chi connectivity index (χ0) is 8.97. The fourth-order valence-corrected chi connectivity index (χ4v) is 0.882.